The van der Waals surface area contributed by atoms with Crippen molar-refractivity contribution in [3.63, 3.8) is 0 Å². The number of aryl methyl sites for hydroxylation is 3. The number of fused-ring (bicyclic) bond motifs is 1. The van der Waals surface area contributed by atoms with Gasteiger partial charge in [-0.3, -0.25) is 0 Å². The van der Waals surface area contributed by atoms with Crippen molar-refractivity contribution in [3.05, 3.63) is 23.1 Å². The number of nitrogens with zero attached hydrogens (tertiary/aromatic N) is 1. The first-order chi connectivity index (χ1) is 6.52. The van der Waals surface area contributed by atoms with Crippen LogP contribution in [0.15, 0.2) is 10.5 Å². The predicted octanol–water partition coefficient (Wildman–Crippen LogP) is 0.752. The van der Waals surface area contributed by atoms with Gasteiger partial charge in [-0.05, 0) is 13.8 Å². The van der Waals surface area contributed by atoms with Gasteiger partial charge in [0.25, 0.3) is 0 Å². The number of hydrogen-bond donors (Lipinski definition) is 0. The molecule has 0 saturated carbocycles. The fraction of sp³-hybridized carbons (Fsp3) is 0.300. The predicted molar refractivity (Wildman–Crippen MR) is 49.0 cm³/mol. The molecule has 0 amide bonds. The summed E-state index contributed by atoms with van der Waals surface area (Å²) in [5.74, 6) is -0.369. The van der Waals surface area contributed by atoms with E-state index in [4.69, 9.17) is 4.42 Å². The Kier molecular flexibility index (Phi) is 1.67. The van der Waals surface area contributed by atoms with Crippen molar-refractivity contribution in [1.29, 1.82) is 0 Å². The summed E-state index contributed by atoms with van der Waals surface area (Å²) in [5, 5.41) is 10.7. The molecule has 0 aliphatic rings. The van der Waals surface area contributed by atoms with Crippen molar-refractivity contribution in [2.75, 3.05) is 0 Å². The summed E-state index contributed by atoms with van der Waals surface area (Å²) in [4.78, 5) is 10.7. The summed E-state index contributed by atoms with van der Waals surface area (Å²) < 4.78 is 6.98. The fourth-order valence-electron chi connectivity index (χ4n) is 1.69. The van der Waals surface area contributed by atoms with Crippen molar-refractivity contribution in [2.24, 2.45) is 7.05 Å². The van der Waals surface area contributed by atoms with Gasteiger partial charge in [-0.2, -0.15) is 0 Å². The molecule has 0 aliphatic carbocycles. The second-order valence-corrected chi connectivity index (χ2v) is 3.37. The summed E-state index contributed by atoms with van der Waals surface area (Å²) in [6.07, 6.45) is 0. The van der Waals surface area contributed by atoms with Crippen LogP contribution in [-0.2, 0) is 7.05 Å². The second kappa shape index (κ2) is 2.64. The molecule has 0 aromatic carbocycles. The van der Waals surface area contributed by atoms with Crippen molar-refractivity contribution < 1.29 is 14.3 Å². The summed E-state index contributed by atoms with van der Waals surface area (Å²) in [6.45, 7) is 3.76. The number of furan rings is 1. The smallest absolute Gasteiger partial charge is 0.153 e. The Hall–Kier alpha value is -1.71. The van der Waals surface area contributed by atoms with Gasteiger partial charge < -0.3 is 18.9 Å². The van der Waals surface area contributed by atoms with E-state index in [2.05, 4.69) is 0 Å². The van der Waals surface area contributed by atoms with E-state index in [1.807, 2.05) is 13.8 Å². The molecule has 2 rings (SSSR count). The zero-order chi connectivity index (χ0) is 10.5. The highest BCUT2D eigenvalue weighted by Crippen LogP contribution is 2.26. The van der Waals surface area contributed by atoms with Crippen LogP contribution in [-0.4, -0.2) is 10.5 Å². The highest BCUT2D eigenvalue weighted by Gasteiger charge is 2.14. The van der Waals surface area contributed by atoms with E-state index in [1.165, 1.54) is 6.07 Å². The van der Waals surface area contributed by atoms with E-state index < -0.39 is 5.97 Å². The molecular weight excluding hydrogens is 182 g/mol. The highest BCUT2D eigenvalue weighted by molar-refractivity contribution is 5.92. The molecule has 2 heterocycles. The Labute approximate surface area is 80.7 Å². The number of hydrogen-bond acceptors (Lipinski definition) is 3. The number of carbonyl (C=O) groups excluding carboxylic acids is 1. The Bertz CT molecular complexity index is 519. The number of carboxylic acids is 1. The molecule has 0 bridgehead atoms. The van der Waals surface area contributed by atoms with Gasteiger partial charge in [0.1, 0.15) is 5.76 Å². The van der Waals surface area contributed by atoms with Crippen LogP contribution < -0.4 is 5.11 Å². The van der Waals surface area contributed by atoms with Gasteiger partial charge in [0.15, 0.2) is 5.58 Å². The maximum atomic E-state index is 10.7. The summed E-state index contributed by atoms with van der Waals surface area (Å²) in [5.41, 5.74) is 2.53. The summed E-state index contributed by atoms with van der Waals surface area (Å²) in [7, 11) is 1.69. The largest absolute Gasteiger partial charge is 0.543 e. The molecule has 0 radical (unpaired) electrons. The van der Waals surface area contributed by atoms with Crippen molar-refractivity contribution in [2.45, 2.75) is 13.8 Å². The average molecular weight is 192 g/mol. The standard InChI is InChI=1S/C10H11NO3/c1-5-6(2)14-8-4-7(10(12)13)11(3)9(5)8/h4H,1-3H3,(H,12,13)/p-1. The summed E-state index contributed by atoms with van der Waals surface area (Å²) >= 11 is 0. The summed E-state index contributed by atoms with van der Waals surface area (Å²) in [6, 6.07) is 1.49. The first-order valence-electron chi connectivity index (χ1n) is 4.29. The van der Waals surface area contributed by atoms with Crippen LogP contribution in [0.2, 0.25) is 0 Å². The molecule has 74 valence electrons. The van der Waals surface area contributed by atoms with Crippen molar-refractivity contribution >= 4 is 17.1 Å². The Morgan fingerprint density at radius 2 is 2.14 bits per heavy atom. The highest BCUT2D eigenvalue weighted by atomic mass is 16.4. The van der Waals surface area contributed by atoms with Crippen LogP contribution in [0.4, 0.5) is 0 Å². The normalized spacial score (nSPS) is 11.1. The van der Waals surface area contributed by atoms with E-state index in [9.17, 15) is 9.90 Å². The van der Waals surface area contributed by atoms with E-state index in [0.717, 1.165) is 16.8 Å². The minimum atomic E-state index is -1.18. The minimum Gasteiger partial charge on any atom is -0.543 e. The third kappa shape index (κ3) is 0.968. The molecule has 0 saturated heterocycles. The van der Waals surface area contributed by atoms with E-state index >= 15 is 0 Å². The number of carbonyl (C=O) groups is 1. The first-order valence-corrected chi connectivity index (χ1v) is 4.29. The van der Waals surface area contributed by atoms with Crippen LogP contribution in [0.25, 0.3) is 11.1 Å². The second-order valence-electron chi connectivity index (χ2n) is 3.37. The first kappa shape index (κ1) is 8.87. The zero-order valence-electron chi connectivity index (χ0n) is 8.25. The SMILES string of the molecule is Cc1oc2cc(C(=O)[O-])n(C)c2c1C. The molecule has 0 spiro atoms. The lowest BCUT2D eigenvalue weighted by atomic mass is 10.3. The Morgan fingerprint density at radius 1 is 1.50 bits per heavy atom. The Balaban J connectivity index is 2.84. The molecule has 0 aliphatic heterocycles. The third-order valence-corrected chi connectivity index (χ3v) is 2.55. The van der Waals surface area contributed by atoms with Gasteiger partial charge in [-0.15, -0.1) is 0 Å². The molecular formula is C10H10NO3-. The molecule has 0 atom stereocenters. The maximum absolute atomic E-state index is 10.7. The lowest BCUT2D eigenvalue weighted by Gasteiger charge is -2.04. The number of carboxylic acid groups (broad SMARTS) is 1. The molecule has 2 aromatic rings. The van der Waals surface area contributed by atoms with Crippen LogP contribution >= 0.6 is 0 Å². The molecule has 0 unspecified atom stereocenters. The van der Waals surface area contributed by atoms with Crippen LogP contribution in [0, 0.1) is 13.8 Å². The van der Waals surface area contributed by atoms with E-state index in [1.54, 1.807) is 11.6 Å². The maximum Gasteiger partial charge on any atom is 0.153 e. The minimum absolute atomic E-state index is 0.141. The number of aromatic carboxylic acids is 1. The van der Waals surface area contributed by atoms with Crippen LogP contribution in [0.1, 0.15) is 21.8 Å². The lowest BCUT2D eigenvalue weighted by molar-refractivity contribution is -0.255. The molecule has 4 heteroatoms. The molecule has 4 nitrogen and oxygen atoms in total. The topological polar surface area (TPSA) is 58.2 Å². The molecule has 0 fully saturated rings. The molecule has 0 N–H and O–H groups in total. The zero-order valence-corrected chi connectivity index (χ0v) is 8.25. The lowest BCUT2D eigenvalue weighted by Crippen LogP contribution is -2.24. The Morgan fingerprint density at radius 3 is 2.64 bits per heavy atom. The van der Waals surface area contributed by atoms with Gasteiger partial charge in [-0.25, -0.2) is 0 Å². The molecule has 14 heavy (non-hydrogen) atoms. The number of aromatic nitrogens is 1. The number of rotatable bonds is 1. The van der Waals surface area contributed by atoms with Crippen LogP contribution in [0.5, 0.6) is 0 Å². The fourth-order valence-corrected chi connectivity index (χ4v) is 1.69. The van der Waals surface area contributed by atoms with Gasteiger partial charge >= 0.3 is 0 Å². The van der Waals surface area contributed by atoms with Gasteiger partial charge in [-0.1, -0.05) is 0 Å². The van der Waals surface area contributed by atoms with Gasteiger partial charge in [0, 0.05) is 18.7 Å². The average Bonchev–Trinajstić information content (AvgIpc) is 2.54. The quantitative estimate of drug-likeness (QED) is 0.670. The van der Waals surface area contributed by atoms with E-state index in [-0.39, 0.29) is 5.69 Å². The van der Waals surface area contributed by atoms with Crippen molar-refractivity contribution in [1.82, 2.24) is 4.57 Å². The molecule has 2 aromatic heterocycles. The van der Waals surface area contributed by atoms with Crippen LogP contribution in [0.3, 0.4) is 0 Å². The third-order valence-electron chi connectivity index (χ3n) is 2.55. The monoisotopic (exact) mass is 192 g/mol. The van der Waals surface area contributed by atoms with Gasteiger partial charge in [0.05, 0.1) is 17.2 Å². The van der Waals surface area contributed by atoms with E-state index in [0.29, 0.717) is 5.58 Å². The van der Waals surface area contributed by atoms with Crippen molar-refractivity contribution in [3.8, 4) is 0 Å². The van der Waals surface area contributed by atoms with Gasteiger partial charge in [0.2, 0.25) is 0 Å².